The van der Waals surface area contributed by atoms with Crippen LogP contribution in [0.1, 0.15) is 0 Å². The fourth-order valence-electron chi connectivity index (χ4n) is 0.318. The molecule has 0 aliphatic rings. The Kier molecular flexibility index (Phi) is 5.49. The Morgan fingerprint density at radius 1 is 1.78 bits per heavy atom. The molecule has 0 atom stereocenters. The van der Waals surface area contributed by atoms with Crippen molar-refractivity contribution in [3.05, 3.63) is 0 Å². The smallest absolute Gasteiger partial charge is 0.180 e. The molecule has 0 spiro atoms. The average molecular weight is 149 g/mol. The van der Waals surface area contributed by atoms with Crippen LogP contribution >= 0.6 is 12.2 Å². The summed E-state index contributed by atoms with van der Waals surface area (Å²) in [6, 6.07) is 0. The number of ether oxygens (including phenoxy) is 1. The summed E-state index contributed by atoms with van der Waals surface area (Å²) in [7, 11) is 1.63. The van der Waals surface area contributed by atoms with Crippen LogP contribution in [0.5, 0.6) is 0 Å². The molecule has 0 aromatic rings. The fourth-order valence-corrected chi connectivity index (χ4v) is 0.420. The molecule has 0 fully saturated rings. The van der Waals surface area contributed by atoms with Gasteiger partial charge in [0.15, 0.2) is 5.11 Å². The Bertz CT molecular complexity index is 87.9. The van der Waals surface area contributed by atoms with Gasteiger partial charge >= 0.3 is 0 Å². The van der Waals surface area contributed by atoms with Crippen molar-refractivity contribution in [2.75, 3.05) is 20.3 Å². The minimum Gasteiger partial charge on any atom is -0.383 e. The van der Waals surface area contributed by atoms with Gasteiger partial charge in [0.05, 0.1) is 6.61 Å². The zero-order valence-electron chi connectivity index (χ0n) is 5.31. The van der Waals surface area contributed by atoms with Gasteiger partial charge in [-0.2, -0.15) is 0 Å². The van der Waals surface area contributed by atoms with Crippen molar-refractivity contribution < 1.29 is 4.74 Å². The van der Waals surface area contributed by atoms with E-state index in [1.165, 1.54) is 0 Å². The van der Waals surface area contributed by atoms with Crippen molar-refractivity contribution in [3.8, 4) is 0 Å². The predicted molar refractivity (Wildman–Crippen MR) is 39.8 cm³/mol. The van der Waals surface area contributed by atoms with E-state index in [2.05, 4.69) is 23.0 Å². The molecule has 0 bridgehead atoms. The second kappa shape index (κ2) is 5.74. The summed E-state index contributed by atoms with van der Waals surface area (Å²) in [6.07, 6.45) is 0. The number of nitrogens with one attached hydrogen (secondary N) is 2. The van der Waals surface area contributed by atoms with Gasteiger partial charge in [0, 0.05) is 13.7 Å². The quantitative estimate of drug-likeness (QED) is 0.207. The lowest BCUT2D eigenvalue weighted by molar-refractivity contribution is 0.204. The molecule has 0 heterocycles. The van der Waals surface area contributed by atoms with E-state index in [1.54, 1.807) is 7.11 Å². The highest BCUT2D eigenvalue weighted by Gasteiger charge is 1.87. The summed E-state index contributed by atoms with van der Waals surface area (Å²) in [5.74, 6) is 4.96. The van der Waals surface area contributed by atoms with Crippen molar-refractivity contribution >= 4 is 17.3 Å². The van der Waals surface area contributed by atoms with Gasteiger partial charge in [0.2, 0.25) is 0 Å². The van der Waals surface area contributed by atoms with Crippen LogP contribution in [-0.4, -0.2) is 25.4 Å². The zero-order valence-corrected chi connectivity index (χ0v) is 6.12. The highest BCUT2D eigenvalue weighted by Crippen LogP contribution is 1.64. The predicted octanol–water partition coefficient (Wildman–Crippen LogP) is -1.03. The van der Waals surface area contributed by atoms with E-state index in [0.29, 0.717) is 18.3 Å². The molecule has 0 amide bonds. The number of methoxy groups -OCH3 is 1. The summed E-state index contributed by atoms with van der Waals surface area (Å²) in [4.78, 5) is 0. The summed E-state index contributed by atoms with van der Waals surface area (Å²) < 4.78 is 4.75. The van der Waals surface area contributed by atoms with Crippen molar-refractivity contribution in [2.24, 2.45) is 5.84 Å². The maximum atomic E-state index is 4.96. The molecule has 9 heavy (non-hydrogen) atoms. The molecule has 54 valence electrons. The van der Waals surface area contributed by atoms with E-state index in [-0.39, 0.29) is 0 Å². The molecule has 5 heteroatoms. The van der Waals surface area contributed by atoms with Crippen molar-refractivity contribution in [1.82, 2.24) is 10.7 Å². The van der Waals surface area contributed by atoms with Crippen molar-refractivity contribution in [2.45, 2.75) is 0 Å². The third-order valence-electron chi connectivity index (χ3n) is 0.723. The van der Waals surface area contributed by atoms with Gasteiger partial charge in [0.25, 0.3) is 0 Å². The monoisotopic (exact) mass is 149 g/mol. The van der Waals surface area contributed by atoms with E-state index >= 15 is 0 Å². The Labute approximate surface area is 59.7 Å². The normalized spacial score (nSPS) is 8.67. The molecule has 0 aliphatic heterocycles. The number of hydrazine groups is 1. The minimum atomic E-state index is 0.437. The van der Waals surface area contributed by atoms with Crippen LogP contribution in [0.2, 0.25) is 0 Å². The molecule has 4 nitrogen and oxygen atoms in total. The van der Waals surface area contributed by atoms with Crippen LogP contribution in [0, 0.1) is 0 Å². The molecule has 0 aromatic carbocycles. The van der Waals surface area contributed by atoms with Gasteiger partial charge in [-0.15, -0.1) is 0 Å². The van der Waals surface area contributed by atoms with Crippen LogP contribution < -0.4 is 16.6 Å². The molecular formula is C4H11N3OS. The molecule has 0 saturated carbocycles. The first-order valence-electron chi connectivity index (χ1n) is 2.54. The molecular weight excluding hydrogens is 138 g/mol. The second-order valence-corrected chi connectivity index (χ2v) is 1.80. The van der Waals surface area contributed by atoms with Crippen LogP contribution in [-0.2, 0) is 4.74 Å². The SMILES string of the molecule is COCCNC(=S)NN. The topological polar surface area (TPSA) is 59.3 Å². The average Bonchev–Trinajstić information content (AvgIpc) is 1.89. The molecule has 0 radical (unpaired) electrons. The first-order valence-corrected chi connectivity index (χ1v) is 2.95. The van der Waals surface area contributed by atoms with Gasteiger partial charge in [-0.3, -0.25) is 0 Å². The van der Waals surface area contributed by atoms with Gasteiger partial charge in [0.1, 0.15) is 0 Å². The van der Waals surface area contributed by atoms with E-state index in [4.69, 9.17) is 10.6 Å². The van der Waals surface area contributed by atoms with Crippen molar-refractivity contribution in [3.63, 3.8) is 0 Å². The lowest BCUT2D eigenvalue weighted by Crippen LogP contribution is -2.40. The molecule has 4 N–H and O–H groups in total. The van der Waals surface area contributed by atoms with E-state index in [1.807, 2.05) is 0 Å². The maximum absolute atomic E-state index is 4.96. The van der Waals surface area contributed by atoms with Gasteiger partial charge in [-0.1, -0.05) is 0 Å². The van der Waals surface area contributed by atoms with Crippen LogP contribution in [0.25, 0.3) is 0 Å². The number of hydrogen-bond acceptors (Lipinski definition) is 3. The number of hydrogen-bond donors (Lipinski definition) is 3. The van der Waals surface area contributed by atoms with Crippen LogP contribution in [0.4, 0.5) is 0 Å². The molecule has 0 aromatic heterocycles. The Balaban J connectivity index is 2.97. The molecule has 0 rings (SSSR count). The summed E-state index contributed by atoms with van der Waals surface area (Å²) in [6.45, 7) is 1.31. The lowest BCUT2D eigenvalue weighted by atomic mass is 10.7. The van der Waals surface area contributed by atoms with E-state index in [0.717, 1.165) is 0 Å². The molecule has 0 aliphatic carbocycles. The van der Waals surface area contributed by atoms with Crippen molar-refractivity contribution in [1.29, 1.82) is 0 Å². The standard InChI is InChI=1S/C4H11N3OS/c1-8-3-2-6-4(9)7-5/h2-3,5H2,1H3,(H2,6,7,9). The molecule has 0 unspecified atom stereocenters. The minimum absolute atomic E-state index is 0.437. The summed E-state index contributed by atoms with van der Waals surface area (Å²) in [5, 5.41) is 3.24. The number of nitrogens with two attached hydrogens (primary N) is 1. The number of rotatable bonds is 3. The Morgan fingerprint density at radius 2 is 2.44 bits per heavy atom. The third-order valence-corrected chi connectivity index (χ3v) is 0.985. The van der Waals surface area contributed by atoms with E-state index in [9.17, 15) is 0 Å². The van der Waals surface area contributed by atoms with Gasteiger partial charge in [-0.05, 0) is 12.2 Å². The zero-order chi connectivity index (χ0) is 7.11. The van der Waals surface area contributed by atoms with Gasteiger partial charge < -0.3 is 15.5 Å². The highest BCUT2D eigenvalue weighted by atomic mass is 32.1. The van der Waals surface area contributed by atoms with Gasteiger partial charge in [-0.25, -0.2) is 5.84 Å². The summed E-state index contributed by atoms with van der Waals surface area (Å²) in [5.41, 5.74) is 2.29. The largest absolute Gasteiger partial charge is 0.383 e. The first kappa shape index (κ1) is 8.61. The third kappa shape index (κ3) is 5.48. The van der Waals surface area contributed by atoms with Crippen LogP contribution in [0.15, 0.2) is 0 Å². The Morgan fingerprint density at radius 3 is 2.89 bits per heavy atom. The molecule has 0 saturated heterocycles. The first-order chi connectivity index (χ1) is 4.31. The Hall–Kier alpha value is -0.390. The van der Waals surface area contributed by atoms with Crippen LogP contribution in [0.3, 0.4) is 0 Å². The summed E-state index contributed by atoms with van der Waals surface area (Å²) >= 11 is 4.67. The number of thiocarbonyl (C=S) groups is 1. The lowest BCUT2D eigenvalue weighted by Gasteiger charge is -2.04. The fraction of sp³-hybridized carbons (Fsp3) is 0.750. The second-order valence-electron chi connectivity index (χ2n) is 1.39. The maximum Gasteiger partial charge on any atom is 0.180 e. The highest BCUT2D eigenvalue weighted by molar-refractivity contribution is 7.80. The van der Waals surface area contributed by atoms with E-state index < -0.39 is 0 Å².